The lowest BCUT2D eigenvalue weighted by Gasteiger charge is -2.40. The number of azide groups is 1. The standard InChI is InChI=1S/C8H15N3O4S/c1-2-16-8-5(10-11-9)7(14)6(13)4(3-12)15-8/h4-8,12-14H,2-3H2,1H3/t4-,5-,6+,7-,8+/m1/s1. The molecule has 1 rings (SSSR count). The number of ether oxygens (including phenoxy) is 1. The second-order valence-electron chi connectivity index (χ2n) is 3.36. The molecule has 16 heavy (non-hydrogen) atoms. The first kappa shape index (κ1) is 13.6. The van der Waals surface area contributed by atoms with E-state index < -0.39 is 29.8 Å². The molecule has 1 aliphatic heterocycles. The topological polar surface area (TPSA) is 119 Å². The molecule has 5 atom stereocenters. The lowest BCUT2D eigenvalue weighted by molar-refractivity contribution is -0.165. The molecule has 0 aromatic carbocycles. The van der Waals surface area contributed by atoms with Crippen LogP contribution in [-0.4, -0.2) is 57.5 Å². The Morgan fingerprint density at radius 1 is 1.44 bits per heavy atom. The summed E-state index contributed by atoms with van der Waals surface area (Å²) in [6.07, 6.45) is -3.30. The predicted molar refractivity (Wildman–Crippen MR) is 58.8 cm³/mol. The van der Waals surface area contributed by atoms with Crippen LogP contribution in [0.15, 0.2) is 5.11 Å². The number of aliphatic hydroxyl groups excluding tert-OH is 3. The van der Waals surface area contributed by atoms with E-state index in [9.17, 15) is 10.2 Å². The maximum Gasteiger partial charge on any atom is 0.114 e. The number of aliphatic hydroxyl groups is 3. The van der Waals surface area contributed by atoms with Gasteiger partial charge in [0, 0.05) is 4.91 Å². The van der Waals surface area contributed by atoms with Gasteiger partial charge in [-0.15, -0.1) is 11.8 Å². The zero-order valence-electron chi connectivity index (χ0n) is 8.80. The zero-order chi connectivity index (χ0) is 12.1. The molecular weight excluding hydrogens is 234 g/mol. The van der Waals surface area contributed by atoms with Gasteiger partial charge in [-0.05, 0) is 11.3 Å². The molecular formula is C8H15N3O4S. The Morgan fingerprint density at radius 3 is 2.62 bits per heavy atom. The minimum Gasteiger partial charge on any atom is -0.394 e. The average Bonchev–Trinajstić information content (AvgIpc) is 2.28. The van der Waals surface area contributed by atoms with Crippen molar-refractivity contribution >= 4 is 11.8 Å². The van der Waals surface area contributed by atoms with Gasteiger partial charge in [0.1, 0.15) is 23.7 Å². The van der Waals surface area contributed by atoms with Crippen molar-refractivity contribution in [3.05, 3.63) is 10.4 Å². The third-order valence-corrected chi connectivity index (χ3v) is 3.42. The maximum absolute atomic E-state index is 9.75. The van der Waals surface area contributed by atoms with E-state index in [1.54, 1.807) is 0 Å². The fourth-order valence-corrected chi connectivity index (χ4v) is 2.51. The number of rotatable bonds is 4. The summed E-state index contributed by atoms with van der Waals surface area (Å²) in [4.78, 5) is 2.63. The highest BCUT2D eigenvalue weighted by Crippen LogP contribution is 2.30. The molecule has 0 amide bonds. The second kappa shape index (κ2) is 6.29. The van der Waals surface area contributed by atoms with Gasteiger partial charge in [0.05, 0.1) is 12.7 Å². The summed E-state index contributed by atoms with van der Waals surface area (Å²) in [6.45, 7) is 1.51. The van der Waals surface area contributed by atoms with Crippen molar-refractivity contribution in [2.45, 2.75) is 36.7 Å². The zero-order valence-corrected chi connectivity index (χ0v) is 9.62. The van der Waals surface area contributed by atoms with Crippen LogP contribution in [0.25, 0.3) is 10.4 Å². The molecule has 92 valence electrons. The monoisotopic (exact) mass is 249 g/mol. The molecule has 1 heterocycles. The molecule has 0 spiro atoms. The van der Waals surface area contributed by atoms with Crippen LogP contribution in [0.2, 0.25) is 0 Å². The van der Waals surface area contributed by atoms with Crippen molar-refractivity contribution in [2.24, 2.45) is 5.11 Å². The van der Waals surface area contributed by atoms with Crippen LogP contribution in [0.5, 0.6) is 0 Å². The molecule has 1 fully saturated rings. The molecule has 0 unspecified atom stereocenters. The van der Waals surface area contributed by atoms with E-state index in [4.69, 9.17) is 15.4 Å². The predicted octanol–water partition coefficient (Wildman–Crippen LogP) is -0.143. The van der Waals surface area contributed by atoms with Crippen LogP contribution in [0.1, 0.15) is 6.92 Å². The fraction of sp³-hybridized carbons (Fsp3) is 1.00. The fourth-order valence-electron chi connectivity index (χ4n) is 1.55. The van der Waals surface area contributed by atoms with Gasteiger partial charge >= 0.3 is 0 Å². The van der Waals surface area contributed by atoms with Crippen LogP contribution in [0.4, 0.5) is 0 Å². The van der Waals surface area contributed by atoms with Gasteiger partial charge in [-0.25, -0.2) is 0 Å². The lowest BCUT2D eigenvalue weighted by atomic mass is 9.99. The maximum atomic E-state index is 9.75. The summed E-state index contributed by atoms with van der Waals surface area (Å²) in [7, 11) is 0. The van der Waals surface area contributed by atoms with Crippen molar-refractivity contribution in [3.8, 4) is 0 Å². The third kappa shape index (κ3) is 2.79. The van der Waals surface area contributed by atoms with Crippen LogP contribution in [-0.2, 0) is 4.74 Å². The first-order chi connectivity index (χ1) is 7.65. The minimum absolute atomic E-state index is 0.387. The molecule has 1 saturated heterocycles. The molecule has 8 heteroatoms. The highest BCUT2D eigenvalue weighted by Gasteiger charge is 2.43. The van der Waals surface area contributed by atoms with Crippen LogP contribution >= 0.6 is 11.8 Å². The molecule has 0 bridgehead atoms. The Hall–Kier alpha value is -0.500. The second-order valence-corrected chi connectivity index (χ2v) is 4.73. The molecule has 3 N–H and O–H groups in total. The molecule has 0 aliphatic carbocycles. The van der Waals surface area contributed by atoms with E-state index in [0.717, 1.165) is 0 Å². The van der Waals surface area contributed by atoms with Gasteiger partial charge in [-0.1, -0.05) is 12.0 Å². The number of thioether (sulfide) groups is 1. The first-order valence-corrected chi connectivity index (χ1v) is 5.98. The van der Waals surface area contributed by atoms with Crippen LogP contribution in [0.3, 0.4) is 0 Å². The van der Waals surface area contributed by atoms with E-state index >= 15 is 0 Å². The summed E-state index contributed by atoms with van der Waals surface area (Å²) < 4.78 is 5.36. The molecule has 0 aromatic heterocycles. The van der Waals surface area contributed by atoms with Crippen molar-refractivity contribution < 1.29 is 20.1 Å². The summed E-state index contributed by atoms with van der Waals surface area (Å²) in [5.41, 5.74) is 7.84. The summed E-state index contributed by atoms with van der Waals surface area (Å²) in [5, 5.41) is 31.7. The van der Waals surface area contributed by atoms with Crippen molar-refractivity contribution in [2.75, 3.05) is 12.4 Å². The minimum atomic E-state index is -1.24. The van der Waals surface area contributed by atoms with E-state index in [1.807, 2.05) is 6.92 Å². The first-order valence-electron chi connectivity index (χ1n) is 4.94. The van der Waals surface area contributed by atoms with Gasteiger partial charge < -0.3 is 20.1 Å². The van der Waals surface area contributed by atoms with Gasteiger partial charge in [-0.3, -0.25) is 0 Å². The molecule has 1 aliphatic rings. The lowest BCUT2D eigenvalue weighted by Crippen LogP contribution is -2.56. The number of hydrogen-bond acceptors (Lipinski definition) is 6. The molecule has 7 nitrogen and oxygen atoms in total. The largest absolute Gasteiger partial charge is 0.394 e. The van der Waals surface area contributed by atoms with E-state index in [-0.39, 0.29) is 6.61 Å². The molecule has 0 radical (unpaired) electrons. The van der Waals surface area contributed by atoms with E-state index in [0.29, 0.717) is 5.75 Å². The number of nitrogens with zero attached hydrogens (tertiary/aromatic N) is 3. The average molecular weight is 249 g/mol. The normalized spacial score (nSPS) is 39.1. The van der Waals surface area contributed by atoms with E-state index in [2.05, 4.69) is 10.0 Å². The molecule has 0 aromatic rings. The molecule has 0 saturated carbocycles. The van der Waals surface area contributed by atoms with Gasteiger partial charge in [0.2, 0.25) is 0 Å². The smallest absolute Gasteiger partial charge is 0.114 e. The van der Waals surface area contributed by atoms with Crippen molar-refractivity contribution in [3.63, 3.8) is 0 Å². The Morgan fingerprint density at radius 2 is 2.12 bits per heavy atom. The Labute approximate surface area is 97.0 Å². The van der Waals surface area contributed by atoms with E-state index in [1.165, 1.54) is 11.8 Å². The number of hydrogen-bond donors (Lipinski definition) is 3. The van der Waals surface area contributed by atoms with Crippen molar-refractivity contribution in [1.29, 1.82) is 0 Å². The Bertz CT molecular complexity index is 274. The summed E-state index contributed by atoms with van der Waals surface area (Å²) in [6, 6.07) is -0.840. The van der Waals surface area contributed by atoms with Crippen LogP contribution < -0.4 is 0 Å². The highest BCUT2D eigenvalue weighted by atomic mass is 32.2. The summed E-state index contributed by atoms with van der Waals surface area (Å²) in [5.74, 6) is 0.711. The highest BCUT2D eigenvalue weighted by molar-refractivity contribution is 7.99. The third-order valence-electron chi connectivity index (χ3n) is 2.36. The quantitative estimate of drug-likeness (QED) is 0.364. The Kier molecular flexibility index (Phi) is 5.33. The van der Waals surface area contributed by atoms with Crippen LogP contribution in [0, 0.1) is 0 Å². The van der Waals surface area contributed by atoms with Gasteiger partial charge in [0.15, 0.2) is 0 Å². The Balaban J connectivity index is 2.83. The SMILES string of the molecule is CCS[C@@H]1O[C@H](CO)[C@H](O)[C@H](O)[C@H]1N=[N+]=[N-]. The van der Waals surface area contributed by atoms with Gasteiger partial charge in [-0.2, -0.15) is 0 Å². The van der Waals surface area contributed by atoms with Gasteiger partial charge in [0.25, 0.3) is 0 Å². The summed E-state index contributed by atoms with van der Waals surface area (Å²) >= 11 is 1.36. The van der Waals surface area contributed by atoms with Crippen molar-refractivity contribution in [1.82, 2.24) is 0 Å².